The minimum atomic E-state index is -2.54. The normalized spacial score (nSPS) is 13.0. The Labute approximate surface area is 121 Å². The Bertz CT molecular complexity index is 204. The largest absolute Gasteiger partial charge is 0.500 e. The Morgan fingerprint density at radius 1 is 0.722 bits per heavy atom. The summed E-state index contributed by atoms with van der Waals surface area (Å²) in [6.45, 7) is 0. The Morgan fingerprint density at radius 2 is 1.22 bits per heavy atom. The lowest BCUT2D eigenvalue weighted by Gasteiger charge is -2.31. The van der Waals surface area contributed by atoms with Gasteiger partial charge in [0, 0.05) is 46.9 Å². The van der Waals surface area contributed by atoms with Crippen LogP contribution in [0.3, 0.4) is 0 Å². The van der Waals surface area contributed by atoms with Gasteiger partial charge >= 0.3 is 17.4 Å². The van der Waals surface area contributed by atoms with Crippen molar-refractivity contribution in [2.24, 2.45) is 0 Å². The molecule has 0 bridgehead atoms. The van der Waals surface area contributed by atoms with Crippen molar-refractivity contribution >= 4 is 33.3 Å². The summed E-state index contributed by atoms with van der Waals surface area (Å²) < 4.78 is 27.6. The van der Waals surface area contributed by atoms with Crippen LogP contribution in [0.4, 0.5) is 0 Å². The molecule has 8 heteroatoms. The van der Waals surface area contributed by atoms with Gasteiger partial charge in [0.1, 0.15) is 0 Å². The first kappa shape index (κ1) is 18.7. The summed E-state index contributed by atoms with van der Waals surface area (Å²) in [5.74, 6) is 0. The highest BCUT2D eigenvalue weighted by atomic mass is 79.9. The van der Waals surface area contributed by atoms with Crippen LogP contribution in [0.25, 0.3) is 0 Å². The molecule has 0 aromatic heterocycles. The zero-order valence-corrected chi connectivity index (χ0v) is 15.5. The van der Waals surface area contributed by atoms with Crippen molar-refractivity contribution in [1.82, 2.24) is 0 Å². The van der Waals surface area contributed by atoms with Crippen molar-refractivity contribution in [3.05, 3.63) is 0 Å². The van der Waals surface area contributed by atoms with Crippen LogP contribution in [-0.2, 0) is 22.1 Å². The first-order valence-corrected chi connectivity index (χ1v) is 11.2. The topological polar surface area (TPSA) is 46.2 Å². The molecule has 0 saturated heterocycles. The number of hydrogen-bond acceptors (Lipinski definition) is 5. The van der Waals surface area contributed by atoms with E-state index in [1.54, 1.807) is 35.5 Å². The molecule has 0 N–H and O–H groups in total. The van der Waals surface area contributed by atoms with Crippen molar-refractivity contribution < 1.29 is 22.1 Å². The van der Waals surface area contributed by atoms with E-state index >= 15 is 0 Å². The Balaban J connectivity index is 4.58. The lowest BCUT2D eigenvalue weighted by atomic mass is 10.6. The standard InChI is InChI=1S/C10H25BrO5Si2/c1-12-17(13-2,8-6-7-11)9-10-18(14-3,15-4)16-5/h6-10H2,1-5H3. The van der Waals surface area contributed by atoms with Gasteiger partial charge in [-0.1, -0.05) is 15.9 Å². The van der Waals surface area contributed by atoms with Crippen LogP contribution < -0.4 is 0 Å². The molecule has 0 amide bonds. The van der Waals surface area contributed by atoms with Crippen molar-refractivity contribution in [3.8, 4) is 0 Å². The average Bonchev–Trinajstić information content (AvgIpc) is 2.44. The molecule has 0 saturated carbocycles. The molecule has 0 aliphatic rings. The maximum absolute atomic E-state index is 5.67. The molecular formula is C10H25BrO5Si2. The second-order valence-electron chi connectivity index (χ2n) is 3.91. The lowest BCUT2D eigenvalue weighted by molar-refractivity contribution is 0.123. The molecule has 0 rings (SSSR count). The lowest BCUT2D eigenvalue weighted by Crippen LogP contribution is -2.47. The molecule has 0 atom stereocenters. The fourth-order valence-electron chi connectivity index (χ4n) is 1.85. The van der Waals surface area contributed by atoms with Crippen molar-refractivity contribution in [2.45, 2.75) is 24.6 Å². The highest BCUT2D eigenvalue weighted by Gasteiger charge is 2.44. The minimum absolute atomic E-state index is 0.715. The number of hydrogen-bond donors (Lipinski definition) is 0. The van der Waals surface area contributed by atoms with E-state index in [0.29, 0.717) is 6.04 Å². The Morgan fingerprint density at radius 3 is 1.56 bits per heavy atom. The van der Waals surface area contributed by atoms with E-state index in [-0.39, 0.29) is 0 Å². The second-order valence-corrected chi connectivity index (χ2v) is 11.4. The van der Waals surface area contributed by atoms with Crippen molar-refractivity contribution in [1.29, 1.82) is 0 Å². The summed E-state index contributed by atoms with van der Waals surface area (Å²) in [6.07, 6.45) is 1.04. The van der Waals surface area contributed by atoms with Crippen LogP contribution in [0.2, 0.25) is 18.1 Å². The van der Waals surface area contributed by atoms with Gasteiger partial charge in [0.25, 0.3) is 0 Å². The van der Waals surface area contributed by atoms with Gasteiger partial charge in [0.2, 0.25) is 0 Å². The van der Waals surface area contributed by atoms with E-state index in [4.69, 9.17) is 22.1 Å². The summed E-state index contributed by atoms with van der Waals surface area (Å²) in [4.78, 5) is 0. The van der Waals surface area contributed by atoms with Crippen LogP contribution in [0, 0.1) is 0 Å². The first-order valence-electron chi connectivity index (χ1n) is 5.89. The number of halogens is 1. The van der Waals surface area contributed by atoms with Gasteiger partial charge in [-0.05, 0) is 18.5 Å². The van der Waals surface area contributed by atoms with Crippen LogP contribution in [0.15, 0.2) is 0 Å². The third-order valence-corrected chi connectivity index (χ3v) is 10.6. The molecule has 18 heavy (non-hydrogen) atoms. The first-order chi connectivity index (χ1) is 8.57. The average molecular weight is 361 g/mol. The maximum atomic E-state index is 5.67. The zero-order valence-electron chi connectivity index (χ0n) is 12.0. The third-order valence-electron chi connectivity index (χ3n) is 3.18. The molecule has 0 spiro atoms. The van der Waals surface area contributed by atoms with E-state index in [2.05, 4.69) is 15.9 Å². The minimum Gasteiger partial charge on any atom is -0.398 e. The molecule has 5 nitrogen and oxygen atoms in total. The molecule has 0 fully saturated rings. The third kappa shape index (κ3) is 5.37. The van der Waals surface area contributed by atoms with Crippen molar-refractivity contribution in [2.75, 3.05) is 40.9 Å². The number of alkyl halides is 1. The summed E-state index contributed by atoms with van der Waals surface area (Å²) in [5.41, 5.74) is 0. The fourth-order valence-corrected chi connectivity index (χ4v) is 8.46. The summed E-state index contributed by atoms with van der Waals surface area (Å²) in [7, 11) is 3.63. The molecule has 0 unspecified atom stereocenters. The summed E-state index contributed by atoms with van der Waals surface area (Å²) >= 11 is 3.44. The van der Waals surface area contributed by atoms with Gasteiger partial charge in [0.05, 0.1) is 0 Å². The van der Waals surface area contributed by atoms with Gasteiger partial charge < -0.3 is 22.1 Å². The summed E-state index contributed by atoms with van der Waals surface area (Å²) in [6, 6.07) is 2.48. The molecule has 0 aromatic rings. The van der Waals surface area contributed by atoms with E-state index in [9.17, 15) is 0 Å². The van der Waals surface area contributed by atoms with Gasteiger partial charge in [-0.2, -0.15) is 0 Å². The molecular weight excluding hydrogens is 336 g/mol. The van der Waals surface area contributed by atoms with Crippen LogP contribution in [0.5, 0.6) is 0 Å². The maximum Gasteiger partial charge on any atom is 0.500 e. The number of rotatable bonds is 11. The van der Waals surface area contributed by atoms with Gasteiger partial charge in [-0.25, -0.2) is 0 Å². The molecule has 0 aromatic carbocycles. The van der Waals surface area contributed by atoms with Gasteiger partial charge in [-0.15, -0.1) is 0 Å². The molecule has 0 aliphatic heterocycles. The predicted octanol–water partition coefficient (Wildman–Crippen LogP) is 2.38. The SMILES string of the molecule is CO[Si](CCCBr)(CC[Si](OC)(OC)OC)OC. The molecule has 0 aliphatic carbocycles. The quantitative estimate of drug-likeness (QED) is 0.418. The van der Waals surface area contributed by atoms with Crippen molar-refractivity contribution in [3.63, 3.8) is 0 Å². The van der Waals surface area contributed by atoms with E-state index in [0.717, 1.165) is 23.8 Å². The molecule has 0 heterocycles. The van der Waals surface area contributed by atoms with Crippen LogP contribution in [0.1, 0.15) is 6.42 Å². The Hall–Kier alpha value is 0.714. The molecule has 0 radical (unpaired) electrons. The molecule has 110 valence electrons. The van der Waals surface area contributed by atoms with Crippen LogP contribution in [-0.4, -0.2) is 58.2 Å². The van der Waals surface area contributed by atoms with E-state index in [1.807, 2.05) is 0 Å². The Kier molecular flexibility index (Phi) is 9.97. The highest BCUT2D eigenvalue weighted by molar-refractivity contribution is 9.09. The monoisotopic (exact) mass is 360 g/mol. The van der Waals surface area contributed by atoms with E-state index < -0.39 is 17.4 Å². The smallest absolute Gasteiger partial charge is 0.398 e. The highest BCUT2D eigenvalue weighted by Crippen LogP contribution is 2.27. The predicted molar refractivity (Wildman–Crippen MR) is 79.4 cm³/mol. The zero-order chi connectivity index (χ0) is 14.1. The van der Waals surface area contributed by atoms with Gasteiger partial charge in [-0.3, -0.25) is 0 Å². The van der Waals surface area contributed by atoms with E-state index in [1.165, 1.54) is 0 Å². The fraction of sp³-hybridized carbons (Fsp3) is 1.00. The van der Waals surface area contributed by atoms with Gasteiger partial charge in [0.15, 0.2) is 0 Å². The summed E-state index contributed by atoms with van der Waals surface area (Å²) in [5, 5.41) is 0.954. The van der Waals surface area contributed by atoms with Crippen LogP contribution >= 0.6 is 15.9 Å². The second kappa shape index (κ2) is 9.59.